The molecule has 298 valence electrons. The molecule has 0 bridgehead atoms. The molecular weight excluding hydrogens is 625 g/mol. The maximum atomic E-state index is 4.60. The van der Waals surface area contributed by atoms with Gasteiger partial charge in [-0.1, -0.05) is 201 Å². The molecule has 52 heavy (non-hydrogen) atoms. The molecule has 0 fully saturated rings. The fraction of sp³-hybridized carbons (Fsp3) is 0.596. The van der Waals surface area contributed by atoms with Crippen molar-refractivity contribution < 1.29 is 0 Å². The molecule has 2 aromatic rings. The molecule has 0 saturated carbocycles. The average Bonchev–Trinajstić information content (AvgIpc) is 3.21. The summed E-state index contributed by atoms with van der Waals surface area (Å²) in [7, 11) is 0. The zero-order valence-corrected chi connectivity index (χ0v) is 37.7. The van der Waals surface area contributed by atoms with E-state index in [-0.39, 0.29) is 0 Å². The molecule has 0 radical (unpaired) electrons. The summed E-state index contributed by atoms with van der Waals surface area (Å²) in [5.74, 6) is 3.02. The van der Waals surface area contributed by atoms with E-state index in [1.165, 1.54) is 118 Å². The van der Waals surface area contributed by atoms with Gasteiger partial charge in [-0.05, 0) is 98.8 Å². The third-order valence-corrected chi connectivity index (χ3v) is 9.18. The summed E-state index contributed by atoms with van der Waals surface area (Å²) in [6, 6.07) is 17.5. The SMILES string of the molecule is C#CC.C=C.C=C=C(CCCCCCC)CCCCCC/C=C/C(C)(CC)C(C)CC.CC.CC.CC.CCc1ccc(-c2ccc(C)cc2)cc1. The van der Waals surface area contributed by atoms with Gasteiger partial charge in [-0.3, -0.25) is 0 Å². The second kappa shape index (κ2) is 46.0. The number of unbranched alkanes of at least 4 members (excludes halogenated alkanes) is 8. The first-order valence-electron chi connectivity index (χ1n) is 21.3. The van der Waals surface area contributed by atoms with Crippen LogP contribution in [0.2, 0.25) is 0 Å². The van der Waals surface area contributed by atoms with Gasteiger partial charge in [0.1, 0.15) is 0 Å². The van der Waals surface area contributed by atoms with E-state index >= 15 is 0 Å². The van der Waals surface area contributed by atoms with E-state index < -0.39 is 0 Å². The van der Waals surface area contributed by atoms with Crippen molar-refractivity contribution in [3.8, 4) is 23.5 Å². The fourth-order valence-electron chi connectivity index (χ4n) is 5.33. The van der Waals surface area contributed by atoms with E-state index in [9.17, 15) is 0 Å². The first kappa shape index (κ1) is 58.3. The highest BCUT2D eigenvalue weighted by atomic mass is 14.3. The van der Waals surface area contributed by atoms with Crippen LogP contribution in [0.5, 0.6) is 0 Å². The van der Waals surface area contributed by atoms with Gasteiger partial charge in [0.15, 0.2) is 0 Å². The highest BCUT2D eigenvalue weighted by Crippen LogP contribution is 2.34. The molecular formula is C52H90. The normalized spacial score (nSPS) is 11.0. The van der Waals surface area contributed by atoms with Crippen molar-refractivity contribution in [3.63, 3.8) is 0 Å². The summed E-state index contributed by atoms with van der Waals surface area (Å²) in [6.45, 7) is 39.6. The molecule has 0 aliphatic carbocycles. The molecule has 0 spiro atoms. The molecule has 0 nitrogen and oxygen atoms in total. The predicted molar refractivity (Wildman–Crippen MR) is 247 cm³/mol. The lowest BCUT2D eigenvalue weighted by molar-refractivity contribution is 0.258. The van der Waals surface area contributed by atoms with Crippen LogP contribution in [0.3, 0.4) is 0 Å². The summed E-state index contributed by atoms with van der Waals surface area (Å²) in [5, 5.41) is 0. The number of allylic oxidation sites excluding steroid dienone is 3. The van der Waals surface area contributed by atoms with E-state index in [2.05, 4.69) is 147 Å². The largest absolute Gasteiger partial charge is 0.130 e. The van der Waals surface area contributed by atoms with Gasteiger partial charge < -0.3 is 0 Å². The molecule has 2 rings (SSSR count). The van der Waals surface area contributed by atoms with Crippen molar-refractivity contribution in [2.24, 2.45) is 11.3 Å². The van der Waals surface area contributed by atoms with Crippen molar-refractivity contribution in [1.82, 2.24) is 0 Å². The Labute approximate surface area is 329 Å². The van der Waals surface area contributed by atoms with Crippen LogP contribution in [0, 0.1) is 30.6 Å². The second-order valence-electron chi connectivity index (χ2n) is 12.7. The zero-order chi connectivity index (χ0) is 41.1. The van der Waals surface area contributed by atoms with E-state index in [0.29, 0.717) is 5.41 Å². The van der Waals surface area contributed by atoms with Crippen LogP contribution >= 0.6 is 0 Å². The van der Waals surface area contributed by atoms with Crippen LogP contribution in [0.4, 0.5) is 0 Å². The molecule has 2 atom stereocenters. The maximum absolute atomic E-state index is 4.60. The standard InChI is InChI=1S/C26H48.C15H16.C3H4.3C2H6.C2H4/c1-7-11-12-15-18-21-25(9-3)22-19-16-13-14-17-20-23-26(6,10-4)24(5)8-2;1-3-13-6-10-15(11-7-13)14-8-4-12(2)5-9-14;1-3-2;4*1-2/h20,23-24H,3,7-8,10-19,21-22H2,1-2,4-6H3;4-11H,3H2,1-2H3;1H,2H3;3*1-2H3;1-2H2/b23-20+;;;;;;. The molecule has 0 aliphatic rings. The highest BCUT2D eigenvalue weighted by molar-refractivity contribution is 5.63. The van der Waals surface area contributed by atoms with Gasteiger partial charge in [-0.25, -0.2) is 0 Å². The van der Waals surface area contributed by atoms with E-state index in [1.54, 1.807) is 6.92 Å². The highest BCUT2D eigenvalue weighted by Gasteiger charge is 2.24. The summed E-state index contributed by atoms with van der Waals surface area (Å²) >= 11 is 0. The zero-order valence-electron chi connectivity index (χ0n) is 37.7. The smallest absolute Gasteiger partial charge is 0.00297 e. The molecule has 0 aliphatic heterocycles. The van der Waals surface area contributed by atoms with Gasteiger partial charge in [-0.2, -0.15) is 0 Å². The number of aryl methyl sites for hydroxylation is 2. The summed E-state index contributed by atoms with van der Waals surface area (Å²) in [4.78, 5) is 0. The van der Waals surface area contributed by atoms with Crippen molar-refractivity contribution in [1.29, 1.82) is 0 Å². The van der Waals surface area contributed by atoms with Gasteiger partial charge >= 0.3 is 0 Å². The number of hydrogen-bond acceptors (Lipinski definition) is 0. The van der Waals surface area contributed by atoms with E-state index in [1.807, 2.05) is 41.5 Å². The van der Waals surface area contributed by atoms with Crippen LogP contribution in [-0.4, -0.2) is 0 Å². The minimum atomic E-state index is 0.384. The van der Waals surface area contributed by atoms with Gasteiger partial charge in [0.2, 0.25) is 0 Å². The molecule has 0 amide bonds. The summed E-state index contributed by atoms with van der Waals surface area (Å²) in [5.41, 5.74) is 10.3. The molecule has 0 heterocycles. The molecule has 2 unspecified atom stereocenters. The average molecular weight is 715 g/mol. The van der Waals surface area contributed by atoms with Crippen molar-refractivity contribution in [2.75, 3.05) is 0 Å². The Morgan fingerprint density at radius 1 is 0.731 bits per heavy atom. The van der Waals surface area contributed by atoms with E-state index in [0.717, 1.165) is 12.3 Å². The molecule has 0 saturated heterocycles. The third kappa shape index (κ3) is 32.9. The lowest BCUT2D eigenvalue weighted by atomic mass is 9.74. The van der Waals surface area contributed by atoms with Crippen molar-refractivity contribution in [3.05, 3.63) is 103 Å². The molecule has 0 N–H and O–H groups in total. The van der Waals surface area contributed by atoms with Crippen molar-refractivity contribution >= 4 is 0 Å². The Bertz CT molecular complexity index is 1080. The summed E-state index contributed by atoms with van der Waals surface area (Å²) < 4.78 is 0. The minimum absolute atomic E-state index is 0.384. The van der Waals surface area contributed by atoms with Gasteiger partial charge in [0.25, 0.3) is 0 Å². The van der Waals surface area contributed by atoms with Crippen LogP contribution in [0.1, 0.15) is 191 Å². The topological polar surface area (TPSA) is 0 Å². The van der Waals surface area contributed by atoms with Gasteiger partial charge in [0.05, 0.1) is 0 Å². The number of benzene rings is 2. The Kier molecular flexibility index (Phi) is 51.6. The molecule has 0 heteroatoms. The van der Waals surface area contributed by atoms with E-state index in [4.69, 9.17) is 0 Å². The quantitative estimate of drug-likeness (QED) is 0.0588. The monoisotopic (exact) mass is 715 g/mol. The molecule has 0 aromatic heterocycles. The number of rotatable bonds is 19. The first-order valence-corrected chi connectivity index (χ1v) is 21.3. The van der Waals surface area contributed by atoms with Crippen LogP contribution in [-0.2, 0) is 6.42 Å². The lowest BCUT2D eigenvalue weighted by Crippen LogP contribution is -2.21. The molecule has 2 aromatic carbocycles. The lowest BCUT2D eigenvalue weighted by Gasteiger charge is -2.31. The van der Waals surface area contributed by atoms with Crippen LogP contribution < -0.4 is 0 Å². The number of terminal acetylenes is 1. The summed E-state index contributed by atoms with van der Waals surface area (Å²) in [6.07, 6.45) is 29.0. The van der Waals surface area contributed by atoms with Gasteiger partial charge in [-0.15, -0.1) is 31.2 Å². The first-order chi connectivity index (χ1) is 25.2. The predicted octanol–water partition coefficient (Wildman–Crippen LogP) is 18.2. The Morgan fingerprint density at radius 2 is 1.15 bits per heavy atom. The minimum Gasteiger partial charge on any atom is -0.130 e. The van der Waals surface area contributed by atoms with Crippen molar-refractivity contribution in [2.45, 2.75) is 193 Å². The number of hydrogen-bond donors (Lipinski definition) is 0. The second-order valence-corrected chi connectivity index (χ2v) is 12.7. The Morgan fingerprint density at radius 3 is 1.54 bits per heavy atom. The Hall–Kier alpha value is -3.00. The van der Waals surface area contributed by atoms with Gasteiger partial charge in [0, 0.05) is 0 Å². The third-order valence-electron chi connectivity index (χ3n) is 9.18. The van der Waals surface area contributed by atoms with Crippen LogP contribution in [0.15, 0.2) is 91.7 Å². The van der Waals surface area contributed by atoms with Crippen LogP contribution in [0.25, 0.3) is 11.1 Å². The fourth-order valence-corrected chi connectivity index (χ4v) is 5.33. The Balaban J connectivity index is -0.000000237. The maximum Gasteiger partial charge on any atom is -0.00297 e.